The fourth-order valence-electron chi connectivity index (χ4n) is 1.81. The first-order chi connectivity index (χ1) is 8.20. The molecule has 0 aliphatic heterocycles. The minimum absolute atomic E-state index is 0.186. The number of phenols is 2. The quantitative estimate of drug-likeness (QED) is 0.756. The fourth-order valence-corrected chi connectivity index (χ4v) is 1.81. The van der Waals surface area contributed by atoms with Gasteiger partial charge in [0.1, 0.15) is 11.5 Å². The molecule has 0 bridgehead atoms. The Bertz CT molecular complexity index is 523. The van der Waals surface area contributed by atoms with Crippen molar-refractivity contribution in [1.82, 2.24) is 0 Å². The van der Waals surface area contributed by atoms with E-state index in [1.807, 2.05) is 18.2 Å². The summed E-state index contributed by atoms with van der Waals surface area (Å²) in [6.45, 7) is 0.574. The third-order valence-corrected chi connectivity index (χ3v) is 2.65. The van der Waals surface area contributed by atoms with Gasteiger partial charge in [-0.2, -0.15) is 0 Å². The molecule has 0 saturated heterocycles. The fraction of sp³-hybridized carbons (Fsp3) is 0.143. The normalized spacial score (nSPS) is 10.4. The maximum Gasteiger partial charge on any atom is 0.123 e. The molecule has 3 heteroatoms. The van der Waals surface area contributed by atoms with Crippen LogP contribution in [0.25, 0.3) is 11.1 Å². The summed E-state index contributed by atoms with van der Waals surface area (Å²) in [5.41, 5.74) is 8.09. The van der Waals surface area contributed by atoms with Crippen LogP contribution < -0.4 is 5.73 Å². The largest absolute Gasteiger partial charge is 0.508 e. The number of rotatable bonds is 3. The van der Waals surface area contributed by atoms with Crippen LogP contribution in [0.15, 0.2) is 42.5 Å². The van der Waals surface area contributed by atoms with Gasteiger partial charge in [0.05, 0.1) is 0 Å². The summed E-state index contributed by atoms with van der Waals surface area (Å²) in [6.07, 6.45) is 0.770. The lowest BCUT2D eigenvalue weighted by Crippen LogP contribution is -2.02. The van der Waals surface area contributed by atoms with Gasteiger partial charge in [0.15, 0.2) is 0 Å². The van der Waals surface area contributed by atoms with Gasteiger partial charge < -0.3 is 15.9 Å². The van der Waals surface area contributed by atoms with Crippen LogP contribution in [0.5, 0.6) is 11.5 Å². The number of nitrogens with two attached hydrogens (primary N) is 1. The minimum Gasteiger partial charge on any atom is -0.508 e. The smallest absolute Gasteiger partial charge is 0.123 e. The summed E-state index contributed by atoms with van der Waals surface area (Å²) in [7, 11) is 0. The second kappa shape index (κ2) is 4.89. The van der Waals surface area contributed by atoms with Crippen LogP contribution in [0, 0.1) is 0 Å². The number of phenolic OH excluding ortho intramolecular Hbond substituents is 2. The van der Waals surface area contributed by atoms with Gasteiger partial charge in [-0.25, -0.2) is 0 Å². The first kappa shape index (κ1) is 11.5. The van der Waals surface area contributed by atoms with E-state index in [-0.39, 0.29) is 11.5 Å². The Balaban J connectivity index is 2.46. The maximum absolute atomic E-state index is 9.83. The van der Waals surface area contributed by atoms with E-state index in [2.05, 4.69) is 0 Å². The van der Waals surface area contributed by atoms with E-state index in [9.17, 15) is 10.2 Å². The summed E-state index contributed by atoms with van der Waals surface area (Å²) in [4.78, 5) is 0. The van der Waals surface area contributed by atoms with E-state index < -0.39 is 0 Å². The lowest BCUT2D eigenvalue weighted by molar-refractivity contribution is 0.474. The van der Waals surface area contributed by atoms with Crippen molar-refractivity contribution in [1.29, 1.82) is 0 Å². The lowest BCUT2D eigenvalue weighted by atomic mass is 10.0. The van der Waals surface area contributed by atoms with E-state index in [0.29, 0.717) is 12.1 Å². The zero-order valence-corrected chi connectivity index (χ0v) is 9.43. The molecule has 2 rings (SSSR count). The SMILES string of the molecule is NCCc1ccc(O)c(-c2cccc(O)c2)c1. The average Bonchev–Trinajstić information content (AvgIpc) is 2.32. The number of benzene rings is 2. The third kappa shape index (κ3) is 2.57. The van der Waals surface area contributed by atoms with Crippen LogP contribution in [0.2, 0.25) is 0 Å². The molecule has 17 heavy (non-hydrogen) atoms. The summed E-state index contributed by atoms with van der Waals surface area (Å²) >= 11 is 0. The molecular weight excluding hydrogens is 214 g/mol. The van der Waals surface area contributed by atoms with Gasteiger partial charge >= 0.3 is 0 Å². The number of aromatic hydroxyl groups is 2. The highest BCUT2D eigenvalue weighted by molar-refractivity contribution is 5.71. The van der Waals surface area contributed by atoms with Crippen molar-refractivity contribution in [3.8, 4) is 22.6 Å². The first-order valence-corrected chi connectivity index (χ1v) is 5.52. The Labute approximate surface area is 100 Å². The third-order valence-electron chi connectivity index (χ3n) is 2.65. The van der Waals surface area contributed by atoms with Crippen LogP contribution in [0.4, 0.5) is 0 Å². The molecule has 2 aromatic rings. The lowest BCUT2D eigenvalue weighted by Gasteiger charge is -2.08. The van der Waals surface area contributed by atoms with Crippen molar-refractivity contribution in [3.05, 3.63) is 48.0 Å². The van der Waals surface area contributed by atoms with Crippen molar-refractivity contribution in [2.24, 2.45) is 5.73 Å². The van der Waals surface area contributed by atoms with Gasteiger partial charge in [-0.3, -0.25) is 0 Å². The zero-order chi connectivity index (χ0) is 12.3. The van der Waals surface area contributed by atoms with Gasteiger partial charge in [0, 0.05) is 5.56 Å². The zero-order valence-electron chi connectivity index (χ0n) is 9.43. The highest BCUT2D eigenvalue weighted by atomic mass is 16.3. The molecule has 0 amide bonds. The molecule has 0 atom stereocenters. The molecule has 0 saturated carbocycles. The van der Waals surface area contributed by atoms with Crippen molar-refractivity contribution in [2.45, 2.75) is 6.42 Å². The standard InChI is InChI=1S/C14H15NO2/c15-7-6-10-4-5-14(17)13(8-10)11-2-1-3-12(16)9-11/h1-5,8-9,16-17H,6-7,15H2. The van der Waals surface area contributed by atoms with E-state index in [1.165, 1.54) is 0 Å². The van der Waals surface area contributed by atoms with Crippen molar-refractivity contribution < 1.29 is 10.2 Å². The van der Waals surface area contributed by atoms with Crippen LogP contribution in [-0.2, 0) is 6.42 Å². The van der Waals surface area contributed by atoms with E-state index in [0.717, 1.165) is 17.5 Å². The second-order valence-electron chi connectivity index (χ2n) is 3.94. The Hall–Kier alpha value is -2.00. The van der Waals surface area contributed by atoms with Gasteiger partial charge in [0.2, 0.25) is 0 Å². The van der Waals surface area contributed by atoms with E-state index in [4.69, 9.17) is 5.73 Å². The highest BCUT2D eigenvalue weighted by Gasteiger charge is 2.06. The summed E-state index contributed by atoms with van der Waals surface area (Å²) in [5.74, 6) is 0.391. The number of hydrogen-bond donors (Lipinski definition) is 3. The Morgan fingerprint density at radius 3 is 2.53 bits per heavy atom. The molecule has 0 heterocycles. The van der Waals surface area contributed by atoms with Crippen molar-refractivity contribution in [2.75, 3.05) is 6.54 Å². The highest BCUT2D eigenvalue weighted by Crippen LogP contribution is 2.31. The van der Waals surface area contributed by atoms with Crippen LogP contribution in [0.3, 0.4) is 0 Å². The summed E-state index contributed by atoms with van der Waals surface area (Å²) < 4.78 is 0. The number of hydrogen-bond acceptors (Lipinski definition) is 3. The van der Waals surface area contributed by atoms with E-state index >= 15 is 0 Å². The van der Waals surface area contributed by atoms with Crippen LogP contribution in [0.1, 0.15) is 5.56 Å². The molecule has 0 fully saturated rings. The topological polar surface area (TPSA) is 66.5 Å². The van der Waals surface area contributed by atoms with E-state index in [1.54, 1.807) is 24.3 Å². The molecular formula is C14H15NO2. The Morgan fingerprint density at radius 1 is 1.00 bits per heavy atom. The van der Waals surface area contributed by atoms with Gasteiger partial charge in [-0.15, -0.1) is 0 Å². The van der Waals surface area contributed by atoms with Crippen LogP contribution >= 0.6 is 0 Å². The average molecular weight is 229 g/mol. The van der Waals surface area contributed by atoms with Crippen molar-refractivity contribution >= 4 is 0 Å². The summed E-state index contributed by atoms with van der Waals surface area (Å²) in [6, 6.07) is 12.2. The molecule has 0 unspecified atom stereocenters. The monoisotopic (exact) mass is 229 g/mol. The summed E-state index contributed by atoms with van der Waals surface area (Å²) in [5, 5.41) is 19.3. The van der Waals surface area contributed by atoms with Gasteiger partial charge in [-0.1, -0.05) is 18.2 Å². The predicted octanol–water partition coefficient (Wildman–Crippen LogP) is 2.27. The molecule has 2 aromatic carbocycles. The Kier molecular flexibility index (Phi) is 3.30. The molecule has 0 radical (unpaired) electrons. The molecule has 4 N–H and O–H groups in total. The molecule has 0 aromatic heterocycles. The van der Waals surface area contributed by atoms with Gasteiger partial charge in [0.25, 0.3) is 0 Å². The predicted molar refractivity (Wildman–Crippen MR) is 68.0 cm³/mol. The molecule has 88 valence electrons. The van der Waals surface area contributed by atoms with Crippen LogP contribution in [-0.4, -0.2) is 16.8 Å². The molecule has 3 nitrogen and oxygen atoms in total. The molecule has 0 aliphatic carbocycles. The van der Waals surface area contributed by atoms with Crippen molar-refractivity contribution in [3.63, 3.8) is 0 Å². The second-order valence-corrected chi connectivity index (χ2v) is 3.94. The maximum atomic E-state index is 9.83. The molecule has 0 spiro atoms. The van der Waals surface area contributed by atoms with Gasteiger partial charge in [-0.05, 0) is 48.4 Å². The first-order valence-electron chi connectivity index (χ1n) is 5.52. The minimum atomic E-state index is 0.186. The Morgan fingerprint density at radius 2 is 1.82 bits per heavy atom. The molecule has 0 aliphatic rings.